The third-order valence-electron chi connectivity index (χ3n) is 2.42. The summed E-state index contributed by atoms with van der Waals surface area (Å²) in [7, 11) is 0. The molecule has 0 aliphatic rings. The largest absolute Gasteiger partial charge is 0.352 e. The molecule has 19 heavy (non-hydrogen) atoms. The second kappa shape index (κ2) is 5.67. The molecule has 1 aromatic heterocycles. The van der Waals surface area contributed by atoms with E-state index in [0.29, 0.717) is 11.5 Å². The maximum atomic E-state index is 12.1. The van der Waals surface area contributed by atoms with E-state index in [2.05, 4.69) is 20.6 Å². The summed E-state index contributed by atoms with van der Waals surface area (Å²) >= 11 is 0. The van der Waals surface area contributed by atoms with Crippen LogP contribution in [0.1, 0.15) is 11.6 Å². The minimum atomic E-state index is -0.871. The van der Waals surface area contributed by atoms with Crippen LogP contribution in [0.25, 0.3) is 0 Å². The number of aromatic nitrogens is 2. The van der Waals surface area contributed by atoms with Gasteiger partial charge in [0.15, 0.2) is 0 Å². The molecule has 2 rings (SSSR count). The molecule has 3 amide bonds. The van der Waals surface area contributed by atoms with Crippen molar-refractivity contribution in [2.75, 3.05) is 5.32 Å². The first-order valence-electron chi connectivity index (χ1n) is 5.58. The van der Waals surface area contributed by atoms with E-state index >= 15 is 0 Å². The summed E-state index contributed by atoms with van der Waals surface area (Å²) in [5.41, 5.74) is 5.72. The molecule has 0 saturated carbocycles. The highest BCUT2D eigenvalue weighted by atomic mass is 16.2. The van der Waals surface area contributed by atoms with Crippen LogP contribution < -0.4 is 16.4 Å². The van der Waals surface area contributed by atoms with Crippen LogP contribution in [0.4, 0.5) is 10.7 Å². The zero-order valence-electron chi connectivity index (χ0n) is 9.96. The number of nitrogens with one attached hydrogen (secondary N) is 3. The van der Waals surface area contributed by atoms with Crippen LogP contribution in [0.3, 0.4) is 0 Å². The maximum absolute atomic E-state index is 12.1. The fraction of sp³-hybridized carbons (Fsp3) is 0.0833. The maximum Gasteiger partial charge on any atom is 0.313 e. The zero-order chi connectivity index (χ0) is 13.7. The molecule has 1 aromatic carbocycles. The Morgan fingerprint density at radius 1 is 1.26 bits per heavy atom. The van der Waals surface area contributed by atoms with Crippen molar-refractivity contribution >= 4 is 17.9 Å². The van der Waals surface area contributed by atoms with E-state index in [1.165, 1.54) is 6.20 Å². The quantitative estimate of drug-likeness (QED) is 0.650. The van der Waals surface area contributed by atoms with Crippen molar-refractivity contribution in [2.45, 2.75) is 6.04 Å². The topological polar surface area (TPSA) is 113 Å². The Kier molecular flexibility index (Phi) is 3.77. The fourth-order valence-corrected chi connectivity index (χ4v) is 1.61. The zero-order valence-corrected chi connectivity index (χ0v) is 9.96. The highest BCUT2D eigenvalue weighted by Gasteiger charge is 2.22. The number of hydrogen-bond acceptors (Lipinski definition) is 3. The fourth-order valence-electron chi connectivity index (χ4n) is 1.61. The summed E-state index contributed by atoms with van der Waals surface area (Å²) in [5.74, 6) is -0.128. The number of amides is 3. The van der Waals surface area contributed by atoms with Crippen molar-refractivity contribution < 1.29 is 9.59 Å². The molecule has 0 aliphatic heterocycles. The molecule has 98 valence electrons. The minimum absolute atomic E-state index is 0.303. The summed E-state index contributed by atoms with van der Waals surface area (Å²) in [6.07, 6.45) is 3.09. The van der Waals surface area contributed by atoms with Crippen molar-refractivity contribution in [1.29, 1.82) is 0 Å². The van der Waals surface area contributed by atoms with E-state index in [9.17, 15) is 9.59 Å². The lowest BCUT2D eigenvalue weighted by molar-refractivity contribution is -0.118. The Balaban J connectivity index is 2.18. The number of primary amides is 1. The Hall–Kier alpha value is -2.83. The number of benzene rings is 1. The average molecular weight is 259 g/mol. The van der Waals surface area contributed by atoms with Crippen LogP contribution in [0.15, 0.2) is 42.7 Å². The van der Waals surface area contributed by atoms with E-state index in [1.54, 1.807) is 30.5 Å². The molecule has 0 fully saturated rings. The first kappa shape index (κ1) is 12.6. The van der Waals surface area contributed by atoms with Gasteiger partial charge in [-0.05, 0) is 5.56 Å². The standard InChI is InChI=1S/C12H13N5O2/c13-11(19)16-9(8-4-2-1-3-5-8)10(18)17-12-14-6-7-15-12/h1-7,9H,(H3,13,16,19)(H2,14,15,17,18). The summed E-state index contributed by atoms with van der Waals surface area (Å²) in [6, 6.07) is 7.16. The predicted molar refractivity (Wildman–Crippen MR) is 69.1 cm³/mol. The van der Waals surface area contributed by atoms with Gasteiger partial charge in [0, 0.05) is 12.4 Å². The first-order valence-corrected chi connectivity index (χ1v) is 5.58. The van der Waals surface area contributed by atoms with Crippen LogP contribution in [0.5, 0.6) is 0 Å². The van der Waals surface area contributed by atoms with Crippen LogP contribution in [0, 0.1) is 0 Å². The first-order chi connectivity index (χ1) is 9.16. The van der Waals surface area contributed by atoms with E-state index < -0.39 is 18.0 Å². The Bertz CT molecular complexity index is 553. The van der Waals surface area contributed by atoms with Gasteiger partial charge in [-0.2, -0.15) is 0 Å². The van der Waals surface area contributed by atoms with E-state index in [-0.39, 0.29) is 0 Å². The van der Waals surface area contributed by atoms with Crippen LogP contribution in [-0.4, -0.2) is 21.9 Å². The van der Waals surface area contributed by atoms with E-state index in [0.717, 1.165) is 0 Å². The number of nitrogens with zero attached hydrogens (tertiary/aromatic N) is 1. The van der Waals surface area contributed by atoms with Crippen molar-refractivity contribution in [3.63, 3.8) is 0 Å². The molecule has 0 bridgehead atoms. The van der Waals surface area contributed by atoms with Gasteiger partial charge in [-0.3, -0.25) is 10.1 Å². The molecule has 0 spiro atoms. The van der Waals surface area contributed by atoms with Crippen molar-refractivity contribution in [2.24, 2.45) is 5.73 Å². The number of H-pyrrole nitrogens is 1. The number of rotatable bonds is 4. The second-order valence-corrected chi connectivity index (χ2v) is 3.78. The Morgan fingerprint density at radius 3 is 2.58 bits per heavy atom. The molecule has 1 heterocycles. The monoisotopic (exact) mass is 259 g/mol. The minimum Gasteiger partial charge on any atom is -0.352 e. The van der Waals surface area contributed by atoms with Gasteiger partial charge < -0.3 is 16.0 Å². The number of carbonyl (C=O) groups excluding carboxylic acids is 2. The van der Waals surface area contributed by atoms with Gasteiger partial charge in [0.1, 0.15) is 6.04 Å². The third-order valence-corrected chi connectivity index (χ3v) is 2.42. The predicted octanol–water partition coefficient (Wildman–Crippen LogP) is 0.758. The van der Waals surface area contributed by atoms with E-state index in [4.69, 9.17) is 5.73 Å². The smallest absolute Gasteiger partial charge is 0.313 e. The lowest BCUT2D eigenvalue weighted by atomic mass is 10.1. The van der Waals surface area contributed by atoms with Crippen LogP contribution >= 0.6 is 0 Å². The molecule has 7 nitrogen and oxygen atoms in total. The number of urea groups is 1. The number of aromatic amines is 1. The highest BCUT2D eigenvalue weighted by molar-refractivity contribution is 5.96. The van der Waals surface area contributed by atoms with Gasteiger partial charge in [0.2, 0.25) is 5.95 Å². The van der Waals surface area contributed by atoms with Crippen molar-refractivity contribution in [1.82, 2.24) is 15.3 Å². The third kappa shape index (κ3) is 3.32. The Morgan fingerprint density at radius 2 is 2.00 bits per heavy atom. The summed E-state index contributed by atoms with van der Waals surface area (Å²) in [5, 5.41) is 4.94. The second-order valence-electron chi connectivity index (χ2n) is 3.78. The van der Waals surface area contributed by atoms with Gasteiger partial charge in [0.25, 0.3) is 5.91 Å². The van der Waals surface area contributed by atoms with Crippen molar-refractivity contribution in [3.05, 3.63) is 48.3 Å². The number of nitrogens with two attached hydrogens (primary N) is 1. The van der Waals surface area contributed by atoms with Crippen LogP contribution in [-0.2, 0) is 4.79 Å². The molecule has 0 radical (unpaired) electrons. The molecule has 1 atom stereocenters. The van der Waals surface area contributed by atoms with Crippen LogP contribution in [0.2, 0.25) is 0 Å². The van der Waals surface area contributed by atoms with Gasteiger partial charge in [-0.1, -0.05) is 30.3 Å². The van der Waals surface area contributed by atoms with E-state index in [1.807, 2.05) is 6.07 Å². The molecule has 1 unspecified atom stereocenters. The van der Waals surface area contributed by atoms with Gasteiger partial charge >= 0.3 is 6.03 Å². The molecular formula is C12H13N5O2. The number of hydrogen-bond donors (Lipinski definition) is 4. The number of imidazole rings is 1. The number of anilines is 1. The molecule has 7 heteroatoms. The normalized spacial score (nSPS) is 11.6. The lowest BCUT2D eigenvalue weighted by Crippen LogP contribution is -2.39. The molecular weight excluding hydrogens is 246 g/mol. The van der Waals surface area contributed by atoms with Gasteiger partial charge in [-0.15, -0.1) is 0 Å². The molecule has 0 saturated heterocycles. The lowest BCUT2D eigenvalue weighted by Gasteiger charge is -2.16. The van der Waals surface area contributed by atoms with Gasteiger partial charge in [0.05, 0.1) is 0 Å². The summed E-state index contributed by atoms with van der Waals surface area (Å²) in [4.78, 5) is 29.7. The van der Waals surface area contributed by atoms with Gasteiger partial charge in [-0.25, -0.2) is 9.78 Å². The number of carbonyl (C=O) groups is 2. The highest BCUT2D eigenvalue weighted by Crippen LogP contribution is 2.14. The van der Waals surface area contributed by atoms with Crippen molar-refractivity contribution in [3.8, 4) is 0 Å². The summed E-state index contributed by atoms with van der Waals surface area (Å²) in [6.45, 7) is 0. The molecule has 0 aliphatic carbocycles. The average Bonchev–Trinajstić information content (AvgIpc) is 2.89. The summed E-state index contributed by atoms with van der Waals surface area (Å²) < 4.78 is 0. The Labute approximate surface area is 109 Å². The SMILES string of the molecule is NC(=O)NC(C(=O)Nc1ncc[nH]1)c1ccccc1. The molecule has 5 N–H and O–H groups in total. The molecule has 2 aromatic rings.